The molecule has 2 fully saturated rings. The Morgan fingerprint density at radius 3 is 2.96 bits per heavy atom. The Hall–Kier alpha value is -2.22. The Morgan fingerprint density at radius 2 is 2.20 bits per heavy atom. The Balaban J connectivity index is 1.69. The number of nitrogens with zero attached hydrogens (tertiary/aromatic N) is 1. The number of thioether (sulfide) groups is 1. The quantitative estimate of drug-likeness (QED) is 0.794. The number of carbonyl (C=O) groups excluding carboxylic acids is 3. The number of para-hydroxylation sites is 2. The molecule has 3 N–H and O–H groups in total. The number of primary amides is 1. The standard InChI is InChI=1S/C17H21N3O4S/c1-17-8-6-15(22)20(17)12(10-25-17)16(23)19-11-4-2-3-5-13(11)24-9-7-14(18)21/h2-5,12H,6-10H2,1H3,(H2,18,21)(H,19,23). The molecule has 134 valence electrons. The summed E-state index contributed by atoms with van der Waals surface area (Å²) in [5.41, 5.74) is 5.62. The molecule has 2 heterocycles. The normalized spacial score (nSPS) is 24.9. The lowest BCUT2D eigenvalue weighted by atomic mass is 10.2. The number of anilines is 1. The van der Waals surface area contributed by atoms with Crippen LogP contribution >= 0.6 is 11.8 Å². The van der Waals surface area contributed by atoms with E-state index in [1.807, 2.05) is 6.92 Å². The first-order valence-corrected chi connectivity index (χ1v) is 9.16. The van der Waals surface area contributed by atoms with Gasteiger partial charge in [0, 0.05) is 12.2 Å². The van der Waals surface area contributed by atoms with E-state index in [1.165, 1.54) is 0 Å². The molecule has 1 aromatic carbocycles. The van der Waals surface area contributed by atoms with Crippen molar-refractivity contribution < 1.29 is 19.1 Å². The fraction of sp³-hybridized carbons (Fsp3) is 0.471. The van der Waals surface area contributed by atoms with Crippen molar-refractivity contribution in [3.63, 3.8) is 0 Å². The number of hydrogen-bond donors (Lipinski definition) is 2. The molecule has 2 aliphatic rings. The van der Waals surface area contributed by atoms with Gasteiger partial charge in [-0.15, -0.1) is 11.8 Å². The minimum atomic E-state index is -0.483. The van der Waals surface area contributed by atoms with Crippen molar-refractivity contribution in [3.05, 3.63) is 24.3 Å². The van der Waals surface area contributed by atoms with Crippen molar-refractivity contribution >= 4 is 35.2 Å². The van der Waals surface area contributed by atoms with Crippen LogP contribution in [-0.2, 0) is 14.4 Å². The van der Waals surface area contributed by atoms with Crippen LogP contribution in [0.3, 0.4) is 0 Å². The second-order valence-electron chi connectivity index (χ2n) is 6.32. The van der Waals surface area contributed by atoms with Crippen LogP contribution in [0.4, 0.5) is 5.69 Å². The predicted molar refractivity (Wildman–Crippen MR) is 95.1 cm³/mol. The van der Waals surface area contributed by atoms with Crippen molar-refractivity contribution in [1.29, 1.82) is 0 Å². The summed E-state index contributed by atoms with van der Waals surface area (Å²) in [4.78, 5) is 37.2. The van der Waals surface area contributed by atoms with E-state index in [0.717, 1.165) is 6.42 Å². The molecule has 0 spiro atoms. The number of benzene rings is 1. The molecule has 2 aliphatic heterocycles. The summed E-state index contributed by atoms with van der Waals surface area (Å²) in [6.07, 6.45) is 1.36. The average molecular weight is 363 g/mol. The highest BCUT2D eigenvalue weighted by Gasteiger charge is 2.52. The first-order valence-electron chi connectivity index (χ1n) is 8.18. The van der Waals surface area contributed by atoms with Gasteiger partial charge >= 0.3 is 0 Å². The third-order valence-corrected chi connectivity index (χ3v) is 6.00. The maximum absolute atomic E-state index is 12.7. The van der Waals surface area contributed by atoms with Crippen molar-refractivity contribution in [3.8, 4) is 5.75 Å². The molecule has 3 rings (SSSR count). The monoisotopic (exact) mass is 363 g/mol. The van der Waals surface area contributed by atoms with Crippen LogP contribution in [0.1, 0.15) is 26.2 Å². The van der Waals surface area contributed by atoms with Gasteiger partial charge < -0.3 is 20.7 Å². The molecule has 2 unspecified atom stereocenters. The van der Waals surface area contributed by atoms with Crippen molar-refractivity contribution in [1.82, 2.24) is 4.90 Å². The van der Waals surface area contributed by atoms with Gasteiger partial charge in [0.05, 0.1) is 23.6 Å². The number of ether oxygens (including phenoxy) is 1. The number of rotatable bonds is 6. The third-order valence-electron chi connectivity index (χ3n) is 4.50. The van der Waals surface area contributed by atoms with Crippen molar-refractivity contribution in [2.45, 2.75) is 37.1 Å². The lowest BCUT2D eigenvalue weighted by Crippen LogP contribution is -2.48. The number of amides is 3. The lowest BCUT2D eigenvalue weighted by Gasteiger charge is -2.30. The summed E-state index contributed by atoms with van der Waals surface area (Å²) in [6, 6.07) is 6.52. The van der Waals surface area contributed by atoms with Gasteiger partial charge in [0.25, 0.3) is 0 Å². The first-order chi connectivity index (χ1) is 11.9. The summed E-state index contributed by atoms with van der Waals surface area (Å²) in [6.45, 7) is 2.15. The SMILES string of the molecule is CC12CCC(=O)N1C(C(=O)Nc1ccccc1OCCC(N)=O)CS2. The van der Waals surface area contributed by atoms with Gasteiger partial charge in [0.2, 0.25) is 17.7 Å². The summed E-state index contributed by atoms with van der Waals surface area (Å²) < 4.78 is 5.54. The van der Waals surface area contributed by atoms with Gasteiger partial charge in [-0.25, -0.2) is 0 Å². The Morgan fingerprint density at radius 1 is 1.44 bits per heavy atom. The molecule has 1 aromatic rings. The van der Waals surface area contributed by atoms with Crippen LogP contribution in [0.2, 0.25) is 0 Å². The van der Waals surface area contributed by atoms with Crippen molar-refractivity contribution in [2.24, 2.45) is 5.73 Å². The average Bonchev–Trinajstić information content (AvgIpc) is 3.05. The molecule has 8 heteroatoms. The van der Waals surface area contributed by atoms with E-state index in [2.05, 4.69) is 5.32 Å². The molecular formula is C17H21N3O4S. The summed E-state index contributed by atoms with van der Waals surface area (Å²) >= 11 is 1.65. The third kappa shape index (κ3) is 3.58. The van der Waals surface area contributed by atoms with Crippen LogP contribution in [-0.4, -0.2) is 45.9 Å². The second kappa shape index (κ2) is 6.95. The van der Waals surface area contributed by atoms with Crippen LogP contribution in [0.15, 0.2) is 24.3 Å². The zero-order valence-corrected chi connectivity index (χ0v) is 14.8. The highest BCUT2D eigenvalue weighted by atomic mass is 32.2. The molecule has 3 amide bonds. The second-order valence-corrected chi connectivity index (χ2v) is 7.82. The highest BCUT2D eigenvalue weighted by Crippen LogP contribution is 2.47. The zero-order valence-electron chi connectivity index (χ0n) is 14.0. The molecule has 0 bridgehead atoms. The van der Waals surface area contributed by atoms with Gasteiger partial charge in [-0.05, 0) is 25.5 Å². The van der Waals surface area contributed by atoms with Crippen LogP contribution in [0.5, 0.6) is 5.75 Å². The van der Waals surface area contributed by atoms with E-state index < -0.39 is 11.9 Å². The van der Waals surface area contributed by atoms with Gasteiger partial charge in [0.15, 0.2) is 0 Å². The van der Waals surface area contributed by atoms with E-state index in [4.69, 9.17) is 10.5 Å². The van der Waals surface area contributed by atoms with Gasteiger partial charge in [0.1, 0.15) is 11.8 Å². The van der Waals surface area contributed by atoms with E-state index in [-0.39, 0.29) is 29.7 Å². The number of carbonyl (C=O) groups is 3. The van der Waals surface area contributed by atoms with Crippen LogP contribution < -0.4 is 15.8 Å². The molecule has 0 saturated carbocycles. The summed E-state index contributed by atoms with van der Waals surface area (Å²) in [5.74, 6) is 0.407. The maximum atomic E-state index is 12.7. The Labute approximate surface area is 150 Å². The number of nitrogens with one attached hydrogen (secondary N) is 1. The lowest BCUT2D eigenvalue weighted by molar-refractivity contribution is -0.135. The molecule has 7 nitrogen and oxygen atoms in total. The van der Waals surface area contributed by atoms with E-state index in [1.54, 1.807) is 40.9 Å². The number of fused-ring (bicyclic) bond motifs is 1. The van der Waals surface area contributed by atoms with Crippen LogP contribution in [0.25, 0.3) is 0 Å². The summed E-state index contributed by atoms with van der Waals surface area (Å²) in [5, 5.41) is 2.85. The van der Waals surface area contributed by atoms with Gasteiger partial charge in [-0.2, -0.15) is 0 Å². The molecule has 2 atom stereocenters. The highest BCUT2D eigenvalue weighted by molar-refractivity contribution is 8.01. The van der Waals surface area contributed by atoms with E-state index in [0.29, 0.717) is 23.6 Å². The van der Waals surface area contributed by atoms with Crippen molar-refractivity contribution in [2.75, 3.05) is 17.7 Å². The molecular weight excluding hydrogens is 342 g/mol. The molecule has 0 aliphatic carbocycles. The minimum absolute atomic E-state index is 0.0265. The fourth-order valence-corrected chi connectivity index (χ4v) is 4.62. The number of nitrogens with two attached hydrogens (primary N) is 1. The molecule has 25 heavy (non-hydrogen) atoms. The molecule has 2 saturated heterocycles. The summed E-state index contributed by atoms with van der Waals surface area (Å²) in [7, 11) is 0. The largest absolute Gasteiger partial charge is 0.491 e. The molecule has 0 radical (unpaired) electrons. The fourth-order valence-electron chi connectivity index (χ4n) is 3.19. The first kappa shape index (κ1) is 17.6. The maximum Gasteiger partial charge on any atom is 0.248 e. The van der Waals surface area contributed by atoms with E-state index in [9.17, 15) is 14.4 Å². The van der Waals surface area contributed by atoms with Crippen LogP contribution in [0, 0.1) is 0 Å². The topological polar surface area (TPSA) is 102 Å². The molecule has 0 aromatic heterocycles. The zero-order chi connectivity index (χ0) is 18.0. The predicted octanol–water partition coefficient (Wildman–Crippen LogP) is 1.33. The minimum Gasteiger partial charge on any atom is -0.491 e. The van der Waals surface area contributed by atoms with Gasteiger partial charge in [-0.1, -0.05) is 12.1 Å². The van der Waals surface area contributed by atoms with E-state index >= 15 is 0 Å². The Kier molecular flexibility index (Phi) is 4.89. The Bertz CT molecular complexity index is 711. The smallest absolute Gasteiger partial charge is 0.248 e. The van der Waals surface area contributed by atoms with Gasteiger partial charge in [-0.3, -0.25) is 14.4 Å². The number of hydrogen-bond acceptors (Lipinski definition) is 5.